The van der Waals surface area contributed by atoms with Crippen LogP contribution in [-0.4, -0.2) is 41.7 Å². The van der Waals surface area contributed by atoms with Crippen molar-refractivity contribution in [2.45, 2.75) is 19.0 Å². The molecule has 0 saturated heterocycles. The second-order valence-electron chi connectivity index (χ2n) is 2.75. The van der Waals surface area contributed by atoms with E-state index in [0.717, 1.165) is 11.9 Å². The van der Waals surface area contributed by atoms with Gasteiger partial charge in [0.2, 0.25) is 5.91 Å². The van der Waals surface area contributed by atoms with E-state index in [1.807, 2.05) is 0 Å². The van der Waals surface area contributed by atoms with Crippen LogP contribution in [0.25, 0.3) is 0 Å². The molecule has 0 bridgehead atoms. The molecule has 0 aromatic carbocycles. The number of alkyl halides is 3. The van der Waals surface area contributed by atoms with Crippen LogP contribution in [0.1, 0.15) is 12.8 Å². The molecule has 4 nitrogen and oxygen atoms in total. The van der Waals surface area contributed by atoms with Crippen molar-refractivity contribution < 1.29 is 27.9 Å². The first-order chi connectivity index (χ1) is 6.22. The molecule has 82 valence electrons. The molecule has 0 aliphatic carbocycles. The lowest BCUT2D eigenvalue weighted by molar-refractivity contribution is -0.147. The predicted molar refractivity (Wildman–Crippen MR) is 40.6 cm³/mol. The van der Waals surface area contributed by atoms with Gasteiger partial charge in [0, 0.05) is 13.6 Å². The van der Waals surface area contributed by atoms with Crippen LogP contribution in [0, 0.1) is 0 Å². The average molecular weight is 213 g/mol. The molecule has 0 aliphatic rings. The minimum absolute atomic E-state index is 0.518. The SMILES string of the molecule is CN(CCC(F)(F)F)C(=O)CC(=O)O. The third kappa shape index (κ3) is 6.27. The van der Waals surface area contributed by atoms with Crippen molar-refractivity contribution in [3.8, 4) is 0 Å². The Hall–Kier alpha value is -1.27. The van der Waals surface area contributed by atoms with Crippen molar-refractivity contribution in [3.63, 3.8) is 0 Å². The minimum Gasteiger partial charge on any atom is -0.481 e. The second-order valence-corrected chi connectivity index (χ2v) is 2.75. The number of rotatable bonds is 4. The van der Waals surface area contributed by atoms with E-state index in [4.69, 9.17) is 5.11 Å². The van der Waals surface area contributed by atoms with E-state index < -0.39 is 37.4 Å². The largest absolute Gasteiger partial charge is 0.481 e. The zero-order valence-corrected chi connectivity index (χ0v) is 7.47. The number of carboxylic acids is 1. The van der Waals surface area contributed by atoms with Crippen molar-refractivity contribution in [2.75, 3.05) is 13.6 Å². The number of halogens is 3. The van der Waals surface area contributed by atoms with E-state index in [0.29, 0.717) is 0 Å². The van der Waals surface area contributed by atoms with Crippen LogP contribution >= 0.6 is 0 Å². The fourth-order valence-electron chi connectivity index (χ4n) is 0.684. The van der Waals surface area contributed by atoms with E-state index in [1.54, 1.807) is 0 Å². The number of carboxylic acid groups (broad SMARTS) is 1. The maximum atomic E-state index is 11.7. The molecule has 1 N–H and O–H groups in total. The van der Waals surface area contributed by atoms with Crippen LogP contribution in [0.15, 0.2) is 0 Å². The zero-order chi connectivity index (χ0) is 11.4. The molecule has 7 heteroatoms. The quantitative estimate of drug-likeness (QED) is 0.705. The third-order valence-corrected chi connectivity index (χ3v) is 1.46. The van der Waals surface area contributed by atoms with E-state index in [2.05, 4.69) is 0 Å². The molecule has 0 aromatic rings. The van der Waals surface area contributed by atoms with Crippen LogP contribution in [0.3, 0.4) is 0 Å². The smallest absolute Gasteiger partial charge is 0.390 e. The zero-order valence-electron chi connectivity index (χ0n) is 7.47. The van der Waals surface area contributed by atoms with Crippen molar-refractivity contribution in [2.24, 2.45) is 0 Å². The van der Waals surface area contributed by atoms with Crippen molar-refractivity contribution in [1.82, 2.24) is 4.90 Å². The van der Waals surface area contributed by atoms with Crippen molar-refractivity contribution >= 4 is 11.9 Å². The average Bonchev–Trinajstić information content (AvgIpc) is 1.97. The fraction of sp³-hybridized carbons (Fsp3) is 0.714. The molecule has 0 aliphatic heterocycles. The summed E-state index contributed by atoms with van der Waals surface area (Å²) in [6, 6.07) is 0. The number of hydrogen-bond acceptors (Lipinski definition) is 2. The molecule has 0 heterocycles. The Morgan fingerprint density at radius 1 is 1.36 bits per heavy atom. The molecular weight excluding hydrogens is 203 g/mol. The van der Waals surface area contributed by atoms with Gasteiger partial charge in [-0.05, 0) is 0 Å². The van der Waals surface area contributed by atoms with Crippen molar-refractivity contribution in [1.29, 1.82) is 0 Å². The maximum absolute atomic E-state index is 11.7. The van der Waals surface area contributed by atoms with Gasteiger partial charge in [0.1, 0.15) is 6.42 Å². The summed E-state index contributed by atoms with van der Waals surface area (Å²) >= 11 is 0. The van der Waals surface area contributed by atoms with Gasteiger partial charge in [0.25, 0.3) is 0 Å². The van der Waals surface area contributed by atoms with Gasteiger partial charge in [-0.3, -0.25) is 9.59 Å². The Morgan fingerprint density at radius 3 is 2.21 bits per heavy atom. The summed E-state index contributed by atoms with van der Waals surface area (Å²) in [6.07, 6.45) is -6.25. The Labute approximate surface area is 78.3 Å². The molecule has 0 atom stereocenters. The van der Waals surface area contributed by atoms with E-state index >= 15 is 0 Å². The molecule has 0 aromatic heterocycles. The number of aliphatic carboxylic acids is 1. The standard InChI is InChI=1S/C7H10F3NO3/c1-11(3-2-7(8,9)10)5(12)4-6(13)14/h2-4H2,1H3,(H,13,14). The molecule has 0 rings (SSSR count). The number of amides is 1. The van der Waals surface area contributed by atoms with Gasteiger partial charge in [-0.2, -0.15) is 13.2 Å². The first-order valence-electron chi connectivity index (χ1n) is 3.75. The summed E-state index contributed by atoms with van der Waals surface area (Å²) in [4.78, 5) is 21.6. The monoisotopic (exact) mass is 213 g/mol. The number of hydrogen-bond donors (Lipinski definition) is 1. The second kappa shape index (κ2) is 4.83. The number of nitrogens with zero attached hydrogens (tertiary/aromatic N) is 1. The first-order valence-corrected chi connectivity index (χ1v) is 3.75. The molecule has 14 heavy (non-hydrogen) atoms. The summed E-state index contributed by atoms with van der Waals surface area (Å²) in [5, 5.41) is 8.19. The summed E-state index contributed by atoms with van der Waals surface area (Å²) in [7, 11) is 1.14. The minimum atomic E-state index is -4.34. The number of carbonyl (C=O) groups is 2. The topological polar surface area (TPSA) is 57.6 Å². The fourth-order valence-corrected chi connectivity index (χ4v) is 0.684. The van der Waals surface area contributed by atoms with Crippen LogP contribution < -0.4 is 0 Å². The summed E-state index contributed by atoms with van der Waals surface area (Å²) in [5.74, 6) is -2.18. The summed E-state index contributed by atoms with van der Waals surface area (Å²) < 4.78 is 35.1. The van der Waals surface area contributed by atoms with E-state index in [1.165, 1.54) is 0 Å². The van der Waals surface area contributed by atoms with Gasteiger partial charge in [-0.1, -0.05) is 0 Å². The van der Waals surface area contributed by atoms with Gasteiger partial charge in [-0.15, -0.1) is 0 Å². The van der Waals surface area contributed by atoms with Gasteiger partial charge in [0.05, 0.1) is 6.42 Å². The van der Waals surface area contributed by atoms with Crippen LogP contribution in [0.5, 0.6) is 0 Å². The van der Waals surface area contributed by atoms with E-state index in [-0.39, 0.29) is 0 Å². The highest BCUT2D eigenvalue weighted by molar-refractivity contribution is 5.93. The molecule has 0 spiro atoms. The van der Waals surface area contributed by atoms with Gasteiger partial charge in [-0.25, -0.2) is 0 Å². The molecule has 0 fully saturated rings. The lowest BCUT2D eigenvalue weighted by Gasteiger charge is -2.16. The Balaban J connectivity index is 3.90. The lowest BCUT2D eigenvalue weighted by atomic mass is 10.3. The van der Waals surface area contributed by atoms with Gasteiger partial charge in [0.15, 0.2) is 0 Å². The maximum Gasteiger partial charge on any atom is 0.390 e. The van der Waals surface area contributed by atoms with E-state index in [9.17, 15) is 22.8 Å². The Bertz CT molecular complexity index is 227. The van der Waals surface area contributed by atoms with Crippen LogP contribution in [0.4, 0.5) is 13.2 Å². The third-order valence-electron chi connectivity index (χ3n) is 1.46. The summed E-state index contributed by atoms with van der Waals surface area (Å²) in [6.45, 7) is -0.518. The van der Waals surface area contributed by atoms with Crippen LogP contribution in [-0.2, 0) is 9.59 Å². The molecule has 0 radical (unpaired) electrons. The van der Waals surface area contributed by atoms with Crippen LogP contribution in [0.2, 0.25) is 0 Å². The highest BCUT2D eigenvalue weighted by atomic mass is 19.4. The highest BCUT2D eigenvalue weighted by Gasteiger charge is 2.28. The highest BCUT2D eigenvalue weighted by Crippen LogP contribution is 2.19. The van der Waals surface area contributed by atoms with Crippen molar-refractivity contribution in [3.05, 3.63) is 0 Å². The Kier molecular flexibility index (Phi) is 4.39. The lowest BCUT2D eigenvalue weighted by Crippen LogP contribution is -2.31. The molecule has 0 saturated carbocycles. The molecular formula is C7H10F3NO3. The predicted octanol–water partition coefficient (Wildman–Crippen LogP) is 0.872. The Morgan fingerprint density at radius 2 is 1.86 bits per heavy atom. The molecule has 0 unspecified atom stereocenters. The van der Waals surface area contributed by atoms with Gasteiger partial charge < -0.3 is 10.0 Å². The summed E-state index contributed by atoms with van der Waals surface area (Å²) in [5.41, 5.74) is 0. The van der Waals surface area contributed by atoms with Gasteiger partial charge >= 0.3 is 12.1 Å². The first kappa shape index (κ1) is 12.7. The normalized spacial score (nSPS) is 11.1. The molecule has 1 amide bonds. The number of carbonyl (C=O) groups excluding carboxylic acids is 1.